The number of carbonyl (C=O) groups excluding carboxylic acids is 1. The van der Waals surface area contributed by atoms with Crippen LogP contribution >= 0.6 is 11.6 Å². The highest BCUT2D eigenvalue weighted by atomic mass is 35.5. The molecule has 0 fully saturated rings. The van der Waals surface area contributed by atoms with Crippen LogP contribution < -0.4 is 11.1 Å². The summed E-state index contributed by atoms with van der Waals surface area (Å²) in [4.78, 5) is 12.0. The van der Waals surface area contributed by atoms with Gasteiger partial charge < -0.3 is 16.2 Å². The van der Waals surface area contributed by atoms with Crippen LogP contribution in [0.2, 0.25) is 5.02 Å². The third-order valence-electron chi connectivity index (χ3n) is 3.08. The van der Waals surface area contributed by atoms with E-state index in [0.717, 1.165) is 11.1 Å². The van der Waals surface area contributed by atoms with Crippen LogP contribution in [0.5, 0.6) is 5.75 Å². The fraction of sp³-hybridized carbons (Fsp3) is 0.188. The van der Waals surface area contributed by atoms with Crippen molar-refractivity contribution in [3.8, 4) is 5.75 Å². The van der Waals surface area contributed by atoms with Crippen molar-refractivity contribution in [3.63, 3.8) is 0 Å². The number of halogens is 1. The zero-order valence-electron chi connectivity index (χ0n) is 11.4. The first-order chi connectivity index (χ1) is 10.0. The Morgan fingerprint density at radius 2 is 1.90 bits per heavy atom. The monoisotopic (exact) mass is 304 g/mol. The van der Waals surface area contributed by atoms with Gasteiger partial charge in [-0.25, -0.2) is 0 Å². The van der Waals surface area contributed by atoms with Crippen LogP contribution in [0.4, 0.5) is 0 Å². The zero-order valence-corrected chi connectivity index (χ0v) is 12.2. The van der Waals surface area contributed by atoms with E-state index in [1.165, 1.54) is 0 Å². The molecule has 0 aromatic heterocycles. The van der Waals surface area contributed by atoms with E-state index in [1.54, 1.807) is 36.4 Å². The molecule has 2 rings (SSSR count). The Kier molecular flexibility index (Phi) is 5.20. The third kappa shape index (κ3) is 4.77. The lowest BCUT2D eigenvalue weighted by molar-refractivity contribution is -0.122. The molecule has 1 amide bonds. The lowest BCUT2D eigenvalue weighted by atomic mass is 10.1. The highest BCUT2D eigenvalue weighted by Crippen LogP contribution is 2.12. The summed E-state index contributed by atoms with van der Waals surface area (Å²) >= 11 is 5.88. The van der Waals surface area contributed by atoms with Crippen molar-refractivity contribution in [1.29, 1.82) is 0 Å². The molecule has 0 radical (unpaired) electrons. The van der Waals surface area contributed by atoms with Crippen LogP contribution in [0, 0.1) is 0 Å². The number of rotatable bonds is 5. The average molecular weight is 305 g/mol. The second-order valence-electron chi connectivity index (χ2n) is 4.82. The number of phenolic OH excluding ortho intramolecular Hbond substituents is 1. The molecule has 0 bridgehead atoms. The molecule has 4 nitrogen and oxygen atoms in total. The number of amides is 1. The molecule has 0 saturated carbocycles. The van der Waals surface area contributed by atoms with Crippen molar-refractivity contribution >= 4 is 17.5 Å². The number of benzene rings is 2. The van der Waals surface area contributed by atoms with Crippen molar-refractivity contribution in [2.45, 2.75) is 19.0 Å². The van der Waals surface area contributed by atoms with Crippen molar-refractivity contribution in [1.82, 2.24) is 5.32 Å². The van der Waals surface area contributed by atoms with E-state index in [2.05, 4.69) is 5.32 Å². The fourth-order valence-corrected chi connectivity index (χ4v) is 2.16. The molecule has 0 heterocycles. The summed E-state index contributed by atoms with van der Waals surface area (Å²) in [5, 5.41) is 12.6. The number of hydrogen-bond donors (Lipinski definition) is 3. The number of nitrogens with one attached hydrogen (secondary N) is 1. The van der Waals surface area contributed by atoms with Gasteiger partial charge in [0.15, 0.2) is 0 Å². The summed E-state index contributed by atoms with van der Waals surface area (Å²) in [5.74, 6) is -0.0271. The van der Waals surface area contributed by atoms with Gasteiger partial charge in [-0.2, -0.15) is 0 Å². The summed E-state index contributed by atoms with van der Waals surface area (Å²) in [6.07, 6.45) is 0.418. The first-order valence-electron chi connectivity index (χ1n) is 6.60. The standard InChI is InChI=1S/C16H17ClN2O2/c17-13-3-1-2-12(8-13)10-19-16(21)15(18)9-11-4-6-14(20)7-5-11/h1-8,15,20H,9-10,18H2,(H,19,21). The van der Waals surface area contributed by atoms with Crippen molar-refractivity contribution in [2.75, 3.05) is 0 Å². The minimum atomic E-state index is -0.631. The van der Waals surface area contributed by atoms with E-state index in [4.69, 9.17) is 17.3 Å². The molecule has 0 spiro atoms. The van der Waals surface area contributed by atoms with Gasteiger partial charge in [0.05, 0.1) is 6.04 Å². The SMILES string of the molecule is NC(Cc1ccc(O)cc1)C(=O)NCc1cccc(Cl)c1. The Morgan fingerprint density at radius 1 is 1.19 bits per heavy atom. The minimum absolute atomic E-state index is 0.192. The molecule has 21 heavy (non-hydrogen) atoms. The van der Waals surface area contributed by atoms with Crippen LogP contribution in [0.3, 0.4) is 0 Å². The molecule has 0 aliphatic heterocycles. The van der Waals surface area contributed by atoms with Gasteiger partial charge in [0.25, 0.3) is 0 Å². The van der Waals surface area contributed by atoms with Gasteiger partial charge in [-0.1, -0.05) is 35.9 Å². The second kappa shape index (κ2) is 7.11. The Morgan fingerprint density at radius 3 is 2.57 bits per heavy atom. The molecule has 0 aliphatic carbocycles. The Balaban J connectivity index is 1.86. The number of phenols is 1. The largest absolute Gasteiger partial charge is 0.508 e. The van der Waals surface area contributed by atoms with Gasteiger partial charge in [0.1, 0.15) is 5.75 Å². The molecule has 0 saturated heterocycles. The van der Waals surface area contributed by atoms with Crippen molar-refractivity contribution in [2.24, 2.45) is 5.73 Å². The molecule has 2 aromatic rings. The summed E-state index contributed by atoms with van der Waals surface area (Å²) in [5.41, 5.74) is 7.71. The predicted octanol–water partition coefficient (Wildman–Crippen LogP) is 2.23. The van der Waals surface area contributed by atoms with Gasteiger partial charge in [0.2, 0.25) is 5.91 Å². The van der Waals surface area contributed by atoms with Crippen LogP contribution in [-0.4, -0.2) is 17.1 Å². The highest BCUT2D eigenvalue weighted by Gasteiger charge is 2.13. The molecule has 5 heteroatoms. The van der Waals surface area contributed by atoms with E-state index < -0.39 is 6.04 Å². The Labute approximate surface area is 128 Å². The quantitative estimate of drug-likeness (QED) is 0.793. The maximum absolute atomic E-state index is 12.0. The van der Waals surface area contributed by atoms with Crippen LogP contribution in [0.15, 0.2) is 48.5 Å². The predicted molar refractivity (Wildman–Crippen MR) is 83.1 cm³/mol. The van der Waals surface area contributed by atoms with E-state index >= 15 is 0 Å². The molecule has 1 unspecified atom stereocenters. The van der Waals surface area contributed by atoms with Gasteiger partial charge in [0, 0.05) is 11.6 Å². The lowest BCUT2D eigenvalue weighted by Crippen LogP contribution is -2.41. The van der Waals surface area contributed by atoms with E-state index in [9.17, 15) is 9.90 Å². The lowest BCUT2D eigenvalue weighted by Gasteiger charge is -2.12. The summed E-state index contributed by atoms with van der Waals surface area (Å²) < 4.78 is 0. The van der Waals surface area contributed by atoms with Crippen molar-refractivity contribution in [3.05, 3.63) is 64.7 Å². The maximum Gasteiger partial charge on any atom is 0.237 e. The smallest absolute Gasteiger partial charge is 0.237 e. The molecule has 2 aromatic carbocycles. The molecule has 1 atom stereocenters. The maximum atomic E-state index is 12.0. The van der Waals surface area contributed by atoms with E-state index in [-0.39, 0.29) is 11.7 Å². The first-order valence-corrected chi connectivity index (χ1v) is 6.98. The normalized spacial score (nSPS) is 11.9. The van der Waals surface area contributed by atoms with Gasteiger partial charge in [-0.3, -0.25) is 4.79 Å². The fourth-order valence-electron chi connectivity index (χ4n) is 1.95. The van der Waals surface area contributed by atoms with E-state index in [0.29, 0.717) is 18.0 Å². The number of nitrogens with two attached hydrogens (primary N) is 1. The summed E-state index contributed by atoms with van der Waals surface area (Å²) in [6.45, 7) is 0.392. The van der Waals surface area contributed by atoms with Crippen LogP contribution in [-0.2, 0) is 17.8 Å². The van der Waals surface area contributed by atoms with Crippen LogP contribution in [0.25, 0.3) is 0 Å². The average Bonchev–Trinajstić information content (AvgIpc) is 2.47. The first kappa shape index (κ1) is 15.4. The van der Waals surface area contributed by atoms with E-state index in [1.807, 2.05) is 12.1 Å². The minimum Gasteiger partial charge on any atom is -0.508 e. The molecule has 110 valence electrons. The molecule has 0 aliphatic rings. The van der Waals surface area contributed by atoms with Gasteiger partial charge >= 0.3 is 0 Å². The zero-order chi connectivity index (χ0) is 15.2. The molecule has 4 N–H and O–H groups in total. The highest BCUT2D eigenvalue weighted by molar-refractivity contribution is 6.30. The summed E-state index contributed by atoms with van der Waals surface area (Å²) in [7, 11) is 0. The Hall–Kier alpha value is -2.04. The number of aromatic hydroxyl groups is 1. The third-order valence-corrected chi connectivity index (χ3v) is 3.32. The number of hydrogen-bond acceptors (Lipinski definition) is 3. The van der Waals surface area contributed by atoms with Crippen LogP contribution in [0.1, 0.15) is 11.1 Å². The topological polar surface area (TPSA) is 75.3 Å². The second-order valence-corrected chi connectivity index (χ2v) is 5.26. The molecular formula is C16H17ClN2O2. The Bertz CT molecular complexity index is 614. The van der Waals surface area contributed by atoms with Gasteiger partial charge in [-0.15, -0.1) is 0 Å². The van der Waals surface area contributed by atoms with Gasteiger partial charge in [-0.05, 0) is 41.8 Å². The number of carbonyl (C=O) groups is 1. The summed E-state index contributed by atoms with van der Waals surface area (Å²) in [6, 6.07) is 13.3. The molecular weight excluding hydrogens is 288 g/mol. The van der Waals surface area contributed by atoms with Crippen molar-refractivity contribution < 1.29 is 9.90 Å².